The third-order valence-electron chi connectivity index (χ3n) is 3.80. The van der Waals surface area contributed by atoms with Gasteiger partial charge in [0.1, 0.15) is 12.4 Å². The van der Waals surface area contributed by atoms with Gasteiger partial charge < -0.3 is 14.2 Å². The van der Waals surface area contributed by atoms with E-state index in [9.17, 15) is 9.59 Å². The molecule has 0 radical (unpaired) electrons. The summed E-state index contributed by atoms with van der Waals surface area (Å²) in [5, 5.41) is 0. The molecule has 1 aliphatic rings. The van der Waals surface area contributed by atoms with Crippen LogP contribution in [0, 0.1) is 0 Å². The Labute approximate surface area is 154 Å². The first kappa shape index (κ1) is 17.6. The minimum Gasteiger partial charge on any atom is -0.459 e. The molecule has 1 saturated heterocycles. The number of ether oxygens (including phenoxy) is 3. The van der Waals surface area contributed by atoms with Crippen molar-refractivity contribution in [1.82, 2.24) is 0 Å². The highest BCUT2D eigenvalue weighted by molar-refractivity contribution is 9.10. The molecule has 1 atom stereocenters. The van der Waals surface area contributed by atoms with Crippen LogP contribution in [0.3, 0.4) is 0 Å². The van der Waals surface area contributed by atoms with Crippen molar-refractivity contribution in [3.05, 3.63) is 64.1 Å². The topological polar surface area (TPSA) is 61.8 Å². The molecule has 2 aromatic rings. The van der Waals surface area contributed by atoms with Crippen LogP contribution in [-0.2, 0) is 9.47 Å². The van der Waals surface area contributed by atoms with Crippen LogP contribution in [0.15, 0.2) is 53.0 Å². The first-order valence-electron chi connectivity index (χ1n) is 7.99. The van der Waals surface area contributed by atoms with Gasteiger partial charge in [0.15, 0.2) is 0 Å². The molecule has 0 N–H and O–H groups in total. The van der Waals surface area contributed by atoms with E-state index in [0.717, 1.165) is 12.8 Å². The Hall–Kier alpha value is -2.18. The second-order valence-electron chi connectivity index (χ2n) is 5.63. The van der Waals surface area contributed by atoms with Crippen LogP contribution in [0.5, 0.6) is 5.75 Å². The van der Waals surface area contributed by atoms with Crippen LogP contribution in [0.2, 0.25) is 0 Å². The molecule has 25 heavy (non-hydrogen) atoms. The molecule has 1 aliphatic heterocycles. The van der Waals surface area contributed by atoms with Crippen molar-refractivity contribution in [2.75, 3.05) is 13.2 Å². The fourth-order valence-electron chi connectivity index (χ4n) is 2.50. The third-order valence-corrected chi connectivity index (χ3v) is 4.49. The average Bonchev–Trinajstić information content (AvgIpc) is 3.14. The zero-order valence-corrected chi connectivity index (χ0v) is 15.0. The van der Waals surface area contributed by atoms with E-state index in [1.807, 2.05) is 6.07 Å². The summed E-state index contributed by atoms with van der Waals surface area (Å²) in [6, 6.07) is 13.4. The molecule has 2 aromatic carbocycles. The molecule has 6 heteroatoms. The maximum atomic E-state index is 12.2. The van der Waals surface area contributed by atoms with Crippen molar-refractivity contribution in [3.8, 4) is 5.75 Å². The molecule has 0 aromatic heterocycles. The van der Waals surface area contributed by atoms with Crippen molar-refractivity contribution in [3.63, 3.8) is 0 Å². The molecule has 0 amide bonds. The molecule has 1 unspecified atom stereocenters. The molecule has 0 saturated carbocycles. The maximum Gasteiger partial charge on any atom is 0.344 e. The predicted octanol–water partition coefficient (Wildman–Crippen LogP) is 4.00. The van der Waals surface area contributed by atoms with E-state index >= 15 is 0 Å². The van der Waals surface area contributed by atoms with Crippen molar-refractivity contribution in [1.29, 1.82) is 0 Å². The van der Waals surface area contributed by atoms with Crippen LogP contribution in [0.1, 0.15) is 33.6 Å². The highest BCUT2D eigenvalue weighted by Gasteiger charge is 2.19. The van der Waals surface area contributed by atoms with Gasteiger partial charge in [-0.1, -0.05) is 18.2 Å². The maximum absolute atomic E-state index is 12.2. The molecular formula is C19H17BrO5. The summed E-state index contributed by atoms with van der Waals surface area (Å²) in [7, 11) is 0. The van der Waals surface area contributed by atoms with Crippen LogP contribution in [0.4, 0.5) is 0 Å². The number of carbonyl (C=O) groups excluding carboxylic acids is 2. The van der Waals surface area contributed by atoms with Crippen molar-refractivity contribution < 1.29 is 23.8 Å². The van der Waals surface area contributed by atoms with Gasteiger partial charge in [0.2, 0.25) is 0 Å². The number of benzene rings is 2. The van der Waals surface area contributed by atoms with Gasteiger partial charge in [-0.3, -0.25) is 0 Å². The molecule has 0 spiro atoms. The van der Waals surface area contributed by atoms with E-state index < -0.39 is 11.9 Å². The predicted molar refractivity (Wildman–Crippen MR) is 94.8 cm³/mol. The molecule has 0 bridgehead atoms. The number of halogens is 1. The first-order chi connectivity index (χ1) is 12.1. The number of esters is 2. The number of hydrogen-bond donors (Lipinski definition) is 0. The van der Waals surface area contributed by atoms with Crippen molar-refractivity contribution in [2.24, 2.45) is 0 Å². The summed E-state index contributed by atoms with van der Waals surface area (Å²) < 4.78 is 16.7. The quantitative estimate of drug-likeness (QED) is 0.556. The van der Waals surface area contributed by atoms with Crippen LogP contribution in [0.25, 0.3) is 0 Å². The Bertz CT molecular complexity index is 768. The van der Waals surface area contributed by atoms with Gasteiger partial charge in [0.25, 0.3) is 0 Å². The second-order valence-corrected chi connectivity index (χ2v) is 6.49. The third kappa shape index (κ3) is 4.67. The Balaban J connectivity index is 1.63. The first-order valence-corrected chi connectivity index (χ1v) is 8.78. The molecular weight excluding hydrogens is 388 g/mol. The van der Waals surface area contributed by atoms with Crippen molar-refractivity contribution >= 4 is 27.9 Å². The van der Waals surface area contributed by atoms with E-state index in [-0.39, 0.29) is 18.5 Å². The Morgan fingerprint density at radius 3 is 2.72 bits per heavy atom. The summed E-state index contributed by atoms with van der Waals surface area (Å²) >= 11 is 3.31. The van der Waals surface area contributed by atoms with E-state index in [2.05, 4.69) is 15.9 Å². The Kier molecular flexibility index (Phi) is 5.83. The van der Waals surface area contributed by atoms with Gasteiger partial charge in [-0.25, -0.2) is 9.59 Å². The summed E-state index contributed by atoms with van der Waals surface area (Å²) in [4.78, 5) is 24.4. The minimum absolute atomic E-state index is 0.0274. The Morgan fingerprint density at radius 1 is 1.12 bits per heavy atom. The van der Waals surface area contributed by atoms with Crippen LogP contribution in [-0.4, -0.2) is 31.3 Å². The number of hydrogen-bond acceptors (Lipinski definition) is 5. The lowest BCUT2D eigenvalue weighted by atomic mass is 10.2. The standard InChI is InChI=1S/C19H17BrO5/c20-17-9-2-1-8-16(17)19(22)25-14-6-3-5-13(11-14)18(21)24-12-15-7-4-10-23-15/h1-3,5-6,8-9,11,15H,4,7,10,12H2. The molecule has 3 rings (SSSR count). The fourth-order valence-corrected chi connectivity index (χ4v) is 2.95. The van der Waals surface area contributed by atoms with Crippen LogP contribution < -0.4 is 4.74 Å². The second kappa shape index (κ2) is 8.27. The molecule has 0 aliphatic carbocycles. The summed E-state index contributed by atoms with van der Waals surface area (Å²) in [5.41, 5.74) is 0.740. The van der Waals surface area contributed by atoms with E-state index in [0.29, 0.717) is 22.2 Å². The molecule has 5 nitrogen and oxygen atoms in total. The number of rotatable bonds is 5. The van der Waals surface area contributed by atoms with Gasteiger partial charge in [0.05, 0.1) is 17.2 Å². The van der Waals surface area contributed by atoms with Gasteiger partial charge in [-0.05, 0) is 59.1 Å². The van der Waals surface area contributed by atoms with Gasteiger partial charge in [-0.15, -0.1) is 0 Å². The molecule has 1 fully saturated rings. The summed E-state index contributed by atoms with van der Waals surface area (Å²) in [5.74, 6) is -0.682. The lowest BCUT2D eigenvalue weighted by Crippen LogP contribution is -2.18. The largest absolute Gasteiger partial charge is 0.459 e. The highest BCUT2D eigenvalue weighted by Crippen LogP contribution is 2.20. The van der Waals surface area contributed by atoms with E-state index in [1.165, 1.54) is 6.07 Å². The molecule has 1 heterocycles. The van der Waals surface area contributed by atoms with Gasteiger partial charge in [-0.2, -0.15) is 0 Å². The normalized spacial score (nSPS) is 16.4. The number of carbonyl (C=O) groups is 2. The van der Waals surface area contributed by atoms with Gasteiger partial charge >= 0.3 is 11.9 Å². The Morgan fingerprint density at radius 2 is 1.96 bits per heavy atom. The fraction of sp³-hybridized carbons (Fsp3) is 0.263. The van der Waals surface area contributed by atoms with Crippen molar-refractivity contribution in [2.45, 2.75) is 18.9 Å². The zero-order valence-electron chi connectivity index (χ0n) is 13.4. The van der Waals surface area contributed by atoms with E-state index in [4.69, 9.17) is 14.2 Å². The minimum atomic E-state index is -0.502. The zero-order chi connectivity index (χ0) is 17.6. The molecule has 130 valence electrons. The average molecular weight is 405 g/mol. The summed E-state index contributed by atoms with van der Waals surface area (Å²) in [6.45, 7) is 0.947. The van der Waals surface area contributed by atoms with Crippen LogP contribution >= 0.6 is 15.9 Å². The SMILES string of the molecule is O=C(OCC1CCCO1)c1cccc(OC(=O)c2ccccc2Br)c1. The smallest absolute Gasteiger partial charge is 0.344 e. The van der Waals surface area contributed by atoms with E-state index in [1.54, 1.807) is 36.4 Å². The monoisotopic (exact) mass is 404 g/mol. The lowest BCUT2D eigenvalue weighted by Gasteiger charge is -2.11. The summed E-state index contributed by atoms with van der Waals surface area (Å²) in [6.07, 6.45) is 1.86. The lowest BCUT2D eigenvalue weighted by molar-refractivity contribution is 0.0161. The van der Waals surface area contributed by atoms with Gasteiger partial charge in [0, 0.05) is 11.1 Å². The highest BCUT2D eigenvalue weighted by atomic mass is 79.9.